The fourth-order valence-corrected chi connectivity index (χ4v) is 2.48. The van der Waals surface area contributed by atoms with Crippen molar-refractivity contribution < 1.29 is 4.42 Å². The van der Waals surface area contributed by atoms with Gasteiger partial charge in [-0.3, -0.25) is 0 Å². The van der Waals surface area contributed by atoms with Crippen molar-refractivity contribution in [3.8, 4) is 0 Å². The van der Waals surface area contributed by atoms with Gasteiger partial charge < -0.3 is 14.6 Å². The van der Waals surface area contributed by atoms with Crippen LogP contribution in [0.3, 0.4) is 0 Å². The first-order valence-corrected chi connectivity index (χ1v) is 6.26. The van der Waals surface area contributed by atoms with Gasteiger partial charge in [-0.1, -0.05) is 0 Å². The minimum atomic E-state index is 0.653. The Hall–Kier alpha value is -0.870. The summed E-state index contributed by atoms with van der Waals surface area (Å²) in [6, 6.07) is 1.58. The van der Waals surface area contributed by atoms with Crippen LogP contribution >= 0.6 is 0 Å². The van der Waals surface area contributed by atoms with Crippen LogP contribution in [0.4, 0.5) is 0 Å². The molecule has 1 aliphatic heterocycles. The molecule has 0 aromatic carbocycles. The lowest BCUT2D eigenvalue weighted by Gasteiger charge is -2.32. The number of aromatic nitrogens is 1. The molecule has 1 aliphatic carbocycles. The van der Waals surface area contributed by atoms with Gasteiger partial charge in [0.05, 0.1) is 12.7 Å². The van der Waals surface area contributed by atoms with Crippen LogP contribution in [0.5, 0.6) is 0 Å². The molecule has 1 saturated carbocycles. The number of nitrogens with one attached hydrogen (secondary N) is 1. The van der Waals surface area contributed by atoms with E-state index in [0.29, 0.717) is 6.04 Å². The maximum atomic E-state index is 5.21. The van der Waals surface area contributed by atoms with Crippen molar-refractivity contribution in [2.45, 2.75) is 44.3 Å². The van der Waals surface area contributed by atoms with Crippen LogP contribution in [0.15, 0.2) is 17.0 Å². The molecule has 2 fully saturated rings. The first-order chi connectivity index (χ1) is 7.92. The molecule has 2 heterocycles. The monoisotopic (exact) mass is 221 g/mol. The molecule has 1 aromatic rings. The molecule has 0 atom stereocenters. The highest BCUT2D eigenvalue weighted by atomic mass is 16.3. The van der Waals surface area contributed by atoms with Gasteiger partial charge in [0.2, 0.25) is 0 Å². The van der Waals surface area contributed by atoms with E-state index in [2.05, 4.69) is 15.2 Å². The Morgan fingerprint density at radius 2 is 2.12 bits per heavy atom. The highest BCUT2D eigenvalue weighted by Crippen LogP contribution is 2.29. The molecule has 16 heavy (non-hydrogen) atoms. The van der Waals surface area contributed by atoms with Gasteiger partial charge in [-0.2, -0.15) is 0 Å². The maximum Gasteiger partial charge on any atom is 0.180 e. The number of oxazole rings is 1. The molecular formula is C12H19N3O. The van der Waals surface area contributed by atoms with Crippen molar-refractivity contribution >= 4 is 0 Å². The summed E-state index contributed by atoms with van der Waals surface area (Å²) in [6.07, 6.45) is 8.67. The molecule has 4 heteroatoms. The van der Waals surface area contributed by atoms with Crippen LogP contribution in [0, 0.1) is 0 Å². The van der Waals surface area contributed by atoms with Crippen molar-refractivity contribution in [1.29, 1.82) is 0 Å². The molecule has 0 radical (unpaired) electrons. The number of likely N-dealkylation sites (tertiary alicyclic amines) is 1. The zero-order valence-electron chi connectivity index (χ0n) is 9.56. The number of hydrogen-bond acceptors (Lipinski definition) is 4. The lowest BCUT2D eigenvalue weighted by atomic mass is 10.0. The van der Waals surface area contributed by atoms with Crippen LogP contribution in [0.2, 0.25) is 0 Å². The molecule has 0 amide bonds. The van der Waals surface area contributed by atoms with Crippen LogP contribution in [-0.2, 0) is 6.54 Å². The van der Waals surface area contributed by atoms with E-state index in [4.69, 9.17) is 4.42 Å². The predicted molar refractivity (Wildman–Crippen MR) is 61.0 cm³/mol. The fourth-order valence-electron chi connectivity index (χ4n) is 2.48. The van der Waals surface area contributed by atoms with E-state index in [1.54, 1.807) is 6.20 Å². The summed E-state index contributed by atoms with van der Waals surface area (Å²) in [6.45, 7) is 3.34. The molecule has 1 aromatic heterocycles. The molecule has 3 rings (SSSR count). The van der Waals surface area contributed by atoms with E-state index in [-0.39, 0.29) is 0 Å². The molecule has 88 valence electrons. The van der Waals surface area contributed by atoms with E-state index in [0.717, 1.165) is 18.3 Å². The summed E-state index contributed by atoms with van der Waals surface area (Å²) in [7, 11) is 0. The van der Waals surface area contributed by atoms with Gasteiger partial charge in [0.1, 0.15) is 5.76 Å². The molecule has 2 aliphatic rings. The van der Waals surface area contributed by atoms with Gasteiger partial charge in [-0.05, 0) is 38.8 Å². The van der Waals surface area contributed by atoms with E-state index in [9.17, 15) is 0 Å². The van der Waals surface area contributed by atoms with Crippen molar-refractivity contribution in [1.82, 2.24) is 15.2 Å². The molecule has 0 spiro atoms. The number of hydrogen-bond donors (Lipinski definition) is 1. The van der Waals surface area contributed by atoms with Crippen molar-refractivity contribution in [2.75, 3.05) is 13.1 Å². The second-order valence-corrected chi connectivity index (χ2v) is 4.89. The van der Waals surface area contributed by atoms with E-state index in [1.165, 1.54) is 45.2 Å². The van der Waals surface area contributed by atoms with Crippen LogP contribution in [-0.4, -0.2) is 35.1 Å². The molecule has 1 N–H and O–H groups in total. The van der Waals surface area contributed by atoms with Gasteiger partial charge in [0, 0.05) is 12.1 Å². The Morgan fingerprint density at radius 1 is 1.31 bits per heavy atom. The zero-order valence-corrected chi connectivity index (χ0v) is 9.56. The Morgan fingerprint density at radius 3 is 2.75 bits per heavy atom. The third-order valence-corrected chi connectivity index (χ3v) is 3.64. The minimum Gasteiger partial charge on any atom is -0.447 e. The first kappa shape index (κ1) is 10.3. The Balaban J connectivity index is 1.40. The van der Waals surface area contributed by atoms with Gasteiger partial charge in [0.15, 0.2) is 6.39 Å². The first-order valence-electron chi connectivity index (χ1n) is 6.26. The zero-order chi connectivity index (χ0) is 10.8. The van der Waals surface area contributed by atoms with Crippen molar-refractivity contribution in [3.63, 3.8) is 0 Å². The maximum absolute atomic E-state index is 5.21. The van der Waals surface area contributed by atoms with E-state index < -0.39 is 0 Å². The van der Waals surface area contributed by atoms with Crippen LogP contribution in [0.1, 0.15) is 31.4 Å². The van der Waals surface area contributed by atoms with E-state index in [1.807, 2.05) is 0 Å². The second kappa shape index (κ2) is 4.55. The standard InChI is InChI=1S/C12H19N3O/c1-2-11(1)15-5-3-10(4-6-15)14-8-12-7-13-9-16-12/h7,9-11,14H,1-6,8H2. The molecule has 0 unspecified atom stereocenters. The molecule has 4 nitrogen and oxygen atoms in total. The van der Waals surface area contributed by atoms with Crippen molar-refractivity contribution in [2.24, 2.45) is 0 Å². The predicted octanol–water partition coefficient (Wildman–Crippen LogP) is 1.39. The number of rotatable bonds is 4. The fraction of sp³-hybridized carbons (Fsp3) is 0.750. The van der Waals surface area contributed by atoms with Gasteiger partial charge in [0.25, 0.3) is 0 Å². The Bertz CT molecular complexity index is 313. The highest BCUT2D eigenvalue weighted by Gasteiger charge is 2.31. The summed E-state index contributed by atoms with van der Waals surface area (Å²) in [5.41, 5.74) is 0. The summed E-state index contributed by atoms with van der Waals surface area (Å²) in [5.74, 6) is 0.935. The third-order valence-electron chi connectivity index (χ3n) is 3.64. The van der Waals surface area contributed by atoms with E-state index >= 15 is 0 Å². The Kier molecular flexibility index (Phi) is 2.93. The number of piperidine rings is 1. The summed E-state index contributed by atoms with van der Waals surface area (Å²) < 4.78 is 5.21. The lowest BCUT2D eigenvalue weighted by molar-refractivity contribution is 0.187. The van der Waals surface area contributed by atoms with Crippen LogP contribution in [0.25, 0.3) is 0 Å². The van der Waals surface area contributed by atoms with Crippen molar-refractivity contribution in [3.05, 3.63) is 18.4 Å². The molecule has 1 saturated heterocycles. The highest BCUT2D eigenvalue weighted by molar-refractivity contribution is 4.91. The van der Waals surface area contributed by atoms with Gasteiger partial charge >= 0.3 is 0 Å². The third kappa shape index (κ3) is 2.44. The second-order valence-electron chi connectivity index (χ2n) is 4.89. The SMILES string of the molecule is c1ncc(CNC2CCN(C3CC3)CC2)o1. The lowest BCUT2D eigenvalue weighted by Crippen LogP contribution is -2.43. The topological polar surface area (TPSA) is 41.3 Å². The number of nitrogens with zero attached hydrogens (tertiary/aromatic N) is 2. The van der Waals surface area contributed by atoms with Gasteiger partial charge in [-0.25, -0.2) is 4.98 Å². The molecular weight excluding hydrogens is 202 g/mol. The van der Waals surface area contributed by atoms with Gasteiger partial charge in [-0.15, -0.1) is 0 Å². The average molecular weight is 221 g/mol. The summed E-state index contributed by atoms with van der Waals surface area (Å²) in [4.78, 5) is 6.56. The minimum absolute atomic E-state index is 0.653. The normalized spacial score (nSPS) is 23.8. The smallest absolute Gasteiger partial charge is 0.180 e. The van der Waals surface area contributed by atoms with Crippen LogP contribution < -0.4 is 5.32 Å². The molecule has 0 bridgehead atoms. The Labute approximate surface area is 96.0 Å². The largest absolute Gasteiger partial charge is 0.447 e. The summed E-state index contributed by atoms with van der Waals surface area (Å²) >= 11 is 0. The summed E-state index contributed by atoms with van der Waals surface area (Å²) in [5, 5.41) is 3.54. The average Bonchev–Trinajstić information content (AvgIpc) is 3.05. The quantitative estimate of drug-likeness (QED) is 0.834.